The summed E-state index contributed by atoms with van der Waals surface area (Å²) in [7, 11) is 0. The second-order valence-electron chi connectivity index (χ2n) is 5.35. The first-order valence-electron chi connectivity index (χ1n) is 7.51. The third kappa shape index (κ3) is 3.43. The van der Waals surface area contributed by atoms with E-state index in [9.17, 15) is 19.5 Å². The number of hydrogen-bond donors (Lipinski definition) is 1. The van der Waals surface area contributed by atoms with Crippen molar-refractivity contribution < 1.29 is 19.5 Å². The molecule has 3 rings (SSSR count). The second kappa shape index (κ2) is 7.33. The minimum absolute atomic E-state index is 0.0557. The molecule has 2 aromatic rings. The number of carboxylic acids is 1. The van der Waals surface area contributed by atoms with Gasteiger partial charge in [-0.3, -0.25) is 9.59 Å². The Balaban J connectivity index is 1.89. The molecule has 1 saturated heterocycles. The molecule has 128 valence electrons. The molecule has 1 aliphatic rings. The summed E-state index contributed by atoms with van der Waals surface area (Å²) in [5.74, 6) is -1.63. The zero-order valence-corrected chi connectivity index (χ0v) is 15.0. The fourth-order valence-corrected chi connectivity index (χ4v) is 4.42. The van der Waals surface area contributed by atoms with Crippen molar-refractivity contribution in [1.29, 1.82) is 0 Å². The molecule has 0 spiro atoms. The van der Waals surface area contributed by atoms with Crippen molar-refractivity contribution in [3.63, 3.8) is 0 Å². The maximum atomic E-state index is 12.8. The predicted octanol–water partition coefficient (Wildman–Crippen LogP) is 3.53. The van der Waals surface area contributed by atoms with Crippen molar-refractivity contribution in [1.82, 2.24) is 0 Å². The molecule has 1 N–H and O–H groups in total. The Morgan fingerprint density at radius 2 is 1.72 bits per heavy atom. The molecule has 0 saturated carbocycles. The summed E-state index contributed by atoms with van der Waals surface area (Å²) < 4.78 is 0. The summed E-state index contributed by atoms with van der Waals surface area (Å²) in [6.45, 7) is 0. The van der Waals surface area contributed by atoms with Gasteiger partial charge in [0.15, 0.2) is 0 Å². The lowest BCUT2D eigenvalue weighted by molar-refractivity contribution is -0.121. The first kappa shape index (κ1) is 17.6. The maximum Gasteiger partial charge on any atom is 0.336 e. The van der Waals surface area contributed by atoms with E-state index in [1.165, 1.54) is 22.7 Å². The quantitative estimate of drug-likeness (QED) is 0.638. The van der Waals surface area contributed by atoms with Crippen molar-refractivity contribution in [3.8, 4) is 0 Å². The van der Waals surface area contributed by atoms with E-state index in [4.69, 9.17) is 0 Å². The number of para-hydroxylation sites is 1. The predicted molar refractivity (Wildman–Crippen MR) is 98.4 cm³/mol. The van der Waals surface area contributed by atoms with Crippen LogP contribution in [0.15, 0.2) is 58.3 Å². The average molecular weight is 373 g/mol. The van der Waals surface area contributed by atoms with Gasteiger partial charge in [0, 0.05) is 16.2 Å². The minimum Gasteiger partial charge on any atom is -0.478 e. The van der Waals surface area contributed by atoms with Crippen LogP contribution in [0.4, 0.5) is 5.69 Å². The molecule has 0 radical (unpaired) electrons. The number of carbonyl (C=O) groups is 3. The minimum atomic E-state index is -1.05. The van der Waals surface area contributed by atoms with Gasteiger partial charge in [-0.1, -0.05) is 24.3 Å². The standard InChI is InChI=1S/C18H15NO4S2/c1-24-14-9-5-3-7-12(14)19-16(20)10-15(17(19)21)25-13-8-4-2-6-11(13)18(22)23/h2-9,15H,10H2,1H3,(H,22,23)/t15-/m1/s1. The summed E-state index contributed by atoms with van der Waals surface area (Å²) >= 11 is 2.60. The number of aromatic carboxylic acids is 1. The molecular weight excluding hydrogens is 358 g/mol. The van der Waals surface area contributed by atoms with E-state index >= 15 is 0 Å². The van der Waals surface area contributed by atoms with Gasteiger partial charge in [-0.25, -0.2) is 9.69 Å². The highest BCUT2D eigenvalue weighted by atomic mass is 32.2. The monoisotopic (exact) mass is 373 g/mol. The van der Waals surface area contributed by atoms with Gasteiger partial charge in [0.1, 0.15) is 0 Å². The first-order chi connectivity index (χ1) is 12.0. The molecule has 7 heteroatoms. The number of thioether (sulfide) groups is 2. The van der Waals surface area contributed by atoms with Gasteiger partial charge in [-0.15, -0.1) is 23.5 Å². The lowest BCUT2D eigenvalue weighted by Crippen LogP contribution is -2.31. The highest BCUT2D eigenvalue weighted by molar-refractivity contribution is 8.00. The fourth-order valence-electron chi connectivity index (χ4n) is 2.66. The van der Waals surface area contributed by atoms with Crippen LogP contribution in [0, 0.1) is 0 Å². The molecule has 1 atom stereocenters. The molecule has 1 heterocycles. The summed E-state index contributed by atoms with van der Waals surface area (Å²) in [6.07, 6.45) is 1.94. The first-order valence-corrected chi connectivity index (χ1v) is 9.62. The Kier molecular flexibility index (Phi) is 5.15. The Labute approximate surface area is 153 Å². The molecule has 25 heavy (non-hydrogen) atoms. The number of carboxylic acid groups (broad SMARTS) is 1. The van der Waals surface area contributed by atoms with E-state index in [0.29, 0.717) is 10.6 Å². The third-order valence-electron chi connectivity index (χ3n) is 3.82. The lowest BCUT2D eigenvalue weighted by atomic mass is 10.2. The van der Waals surface area contributed by atoms with Crippen LogP contribution in [-0.2, 0) is 9.59 Å². The van der Waals surface area contributed by atoms with Crippen LogP contribution in [0.5, 0.6) is 0 Å². The summed E-state index contributed by atoms with van der Waals surface area (Å²) in [4.78, 5) is 39.1. The van der Waals surface area contributed by atoms with Gasteiger partial charge in [0.25, 0.3) is 0 Å². The Bertz CT molecular complexity index is 852. The maximum absolute atomic E-state index is 12.8. The third-order valence-corrected chi connectivity index (χ3v) is 5.87. The van der Waals surface area contributed by atoms with E-state index < -0.39 is 11.2 Å². The second-order valence-corrected chi connectivity index (χ2v) is 7.44. The molecule has 1 fully saturated rings. The topological polar surface area (TPSA) is 74.7 Å². The van der Waals surface area contributed by atoms with Crippen LogP contribution >= 0.6 is 23.5 Å². The number of amides is 2. The van der Waals surface area contributed by atoms with Crippen LogP contribution in [-0.4, -0.2) is 34.4 Å². The van der Waals surface area contributed by atoms with E-state index in [2.05, 4.69) is 0 Å². The highest BCUT2D eigenvalue weighted by Crippen LogP contribution is 2.38. The van der Waals surface area contributed by atoms with E-state index in [-0.39, 0.29) is 23.8 Å². The summed E-state index contributed by atoms with van der Waals surface area (Å²) in [5, 5.41) is 8.66. The number of nitrogens with zero attached hydrogens (tertiary/aromatic N) is 1. The zero-order chi connectivity index (χ0) is 18.0. The molecule has 1 aliphatic heterocycles. The van der Waals surface area contributed by atoms with E-state index in [1.807, 2.05) is 18.4 Å². The molecule has 5 nitrogen and oxygen atoms in total. The largest absolute Gasteiger partial charge is 0.478 e. The van der Waals surface area contributed by atoms with Crippen molar-refractivity contribution in [2.24, 2.45) is 0 Å². The van der Waals surface area contributed by atoms with Crippen molar-refractivity contribution in [2.75, 3.05) is 11.2 Å². The fraction of sp³-hybridized carbons (Fsp3) is 0.167. The number of carbonyl (C=O) groups excluding carboxylic acids is 2. The average Bonchev–Trinajstić information content (AvgIpc) is 2.88. The van der Waals surface area contributed by atoms with Crippen LogP contribution in [0.3, 0.4) is 0 Å². The van der Waals surface area contributed by atoms with Crippen molar-refractivity contribution >= 4 is 47.0 Å². The van der Waals surface area contributed by atoms with Crippen LogP contribution in [0.2, 0.25) is 0 Å². The summed E-state index contributed by atoms with van der Waals surface area (Å²) in [5.41, 5.74) is 0.718. The summed E-state index contributed by atoms with van der Waals surface area (Å²) in [6, 6.07) is 13.8. The highest BCUT2D eigenvalue weighted by Gasteiger charge is 2.41. The molecule has 0 bridgehead atoms. The number of rotatable bonds is 5. The number of anilines is 1. The molecule has 2 amide bonds. The van der Waals surface area contributed by atoms with Gasteiger partial charge in [0.2, 0.25) is 11.8 Å². The molecule has 2 aromatic carbocycles. The Morgan fingerprint density at radius 1 is 1.08 bits per heavy atom. The molecule has 0 unspecified atom stereocenters. The lowest BCUT2D eigenvalue weighted by Gasteiger charge is -2.18. The van der Waals surface area contributed by atoms with Crippen LogP contribution < -0.4 is 4.90 Å². The SMILES string of the molecule is CSc1ccccc1N1C(=O)C[C@@H](Sc2ccccc2C(=O)O)C1=O. The number of hydrogen-bond acceptors (Lipinski definition) is 5. The Hall–Kier alpha value is -2.25. The molecule has 0 aromatic heterocycles. The smallest absolute Gasteiger partial charge is 0.336 e. The zero-order valence-electron chi connectivity index (χ0n) is 13.3. The van der Waals surface area contributed by atoms with E-state index in [0.717, 1.165) is 16.7 Å². The van der Waals surface area contributed by atoms with Crippen molar-refractivity contribution in [3.05, 3.63) is 54.1 Å². The van der Waals surface area contributed by atoms with Crippen LogP contribution in [0.1, 0.15) is 16.8 Å². The van der Waals surface area contributed by atoms with Gasteiger partial charge in [-0.2, -0.15) is 0 Å². The normalized spacial score (nSPS) is 17.2. The molecule has 0 aliphatic carbocycles. The number of imide groups is 1. The van der Waals surface area contributed by atoms with Gasteiger partial charge in [-0.05, 0) is 30.5 Å². The Morgan fingerprint density at radius 3 is 2.40 bits per heavy atom. The van der Waals surface area contributed by atoms with Gasteiger partial charge >= 0.3 is 5.97 Å². The number of benzene rings is 2. The van der Waals surface area contributed by atoms with E-state index in [1.54, 1.807) is 30.3 Å². The van der Waals surface area contributed by atoms with Gasteiger partial charge in [0.05, 0.1) is 16.5 Å². The molecular formula is C18H15NO4S2. The van der Waals surface area contributed by atoms with Crippen molar-refractivity contribution in [2.45, 2.75) is 21.5 Å². The van der Waals surface area contributed by atoms with Gasteiger partial charge < -0.3 is 5.11 Å². The van der Waals surface area contributed by atoms with Crippen LogP contribution in [0.25, 0.3) is 0 Å².